The van der Waals surface area contributed by atoms with Gasteiger partial charge in [-0.15, -0.1) is 0 Å². The summed E-state index contributed by atoms with van der Waals surface area (Å²) in [5, 5.41) is 5.87. The van der Waals surface area contributed by atoms with E-state index in [1.165, 1.54) is 6.42 Å². The molecule has 210 valence electrons. The Kier molecular flexibility index (Phi) is 7.86. The molecule has 1 saturated heterocycles. The van der Waals surface area contributed by atoms with Gasteiger partial charge in [0.25, 0.3) is 5.91 Å². The van der Waals surface area contributed by atoms with Crippen molar-refractivity contribution in [1.82, 2.24) is 29.5 Å². The smallest absolute Gasteiger partial charge is 0.283 e. The number of aromatic nitrogens is 5. The van der Waals surface area contributed by atoms with Crippen molar-refractivity contribution in [2.24, 2.45) is 0 Å². The Hall–Kier alpha value is -3.12. The molecule has 1 saturated carbocycles. The monoisotopic (exact) mass is 555 g/mol. The molecule has 0 spiro atoms. The van der Waals surface area contributed by atoms with Gasteiger partial charge in [-0.05, 0) is 37.7 Å². The number of carbonyl (C=O) groups is 1. The summed E-state index contributed by atoms with van der Waals surface area (Å²) in [5.41, 5.74) is 2.91. The number of nitrogens with zero attached hydrogens (tertiary/aromatic N) is 6. The number of pyridine rings is 1. The van der Waals surface area contributed by atoms with Gasteiger partial charge < -0.3 is 9.64 Å². The lowest BCUT2D eigenvalue weighted by Crippen LogP contribution is -2.37. The molecule has 2 aliphatic rings. The molecule has 11 nitrogen and oxygen atoms in total. The summed E-state index contributed by atoms with van der Waals surface area (Å²) < 4.78 is 33.2. The van der Waals surface area contributed by atoms with Crippen molar-refractivity contribution < 1.29 is 17.9 Å². The van der Waals surface area contributed by atoms with Crippen molar-refractivity contribution in [1.29, 1.82) is 0 Å². The summed E-state index contributed by atoms with van der Waals surface area (Å²) in [5.74, 6) is -0.0543. The van der Waals surface area contributed by atoms with Gasteiger partial charge in [-0.25, -0.2) is 32.8 Å². The van der Waals surface area contributed by atoms with Gasteiger partial charge in [0, 0.05) is 49.8 Å². The third-order valence-corrected chi connectivity index (χ3v) is 8.23. The topological polar surface area (TPSA) is 132 Å². The van der Waals surface area contributed by atoms with Crippen molar-refractivity contribution >= 4 is 32.9 Å². The number of sulfonamides is 1. The highest BCUT2D eigenvalue weighted by Gasteiger charge is 2.27. The molecule has 1 aliphatic carbocycles. The van der Waals surface area contributed by atoms with Crippen LogP contribution in [0.2, 0.25) is 0 Å². The Bertz CT molecular complexity index is 1440. The summed E-state index contributed by atoms with van der Waals surface area (Å²) in [6.45, 7) is 5.62. The lowest BCUT2D eigenvalue weighted by atomic mass is 9.95. The molecule has 0 bridgehead atoms. The standard InChI is InChI=1S/C27H37N7O4S/c1-17(2)24-23-21(18-15-28-27(29-16-18)33(3)19-10-12-38-13-11-19)14-22(26(35)32-39(4,36)37)30-25(23)34(31-24)20-8-6-5-7-9-20/h14-17,19-20H,5-13H2,1-4H3,(H,32,35). The fourth-order valence-electron chi connectivity index (χ4n) is 5.59. The number of hydrogen-bond acceptors (Lipinski definition) is 9. The first-order valence-electron chi connectivity index (χ1n) is 13.7. The molecule has 12 heteroatoms. The molecule has 3 aromatic heterocycles. The van der Waals surface area contributed by atoms with Gasteiger partial charge in [0.2, 0.25) is 16.0 Å². The van der Waals surface area contributed by atoms with E-state index in [9.17, 15) is 13.2 Å². The van der Waals surface area contributed by atoms with E-state index in [0.717, 1.165) is 69.1 Å². The Morgan fingerprint density at radius 1 is 1.10 bits per heavy atom. The SMILES string of the molecule is CC(C)c1nn(C2CCCCC2)c2nc(C(=O)NS(C)(=O)=O)cc(-c3cnc(N(C)C4CCOCC4)nc3)c12. The third kappa shape index (κ3) is 5.91. The number of fused-ring (bicyclic) bond motifs is 1. The van der Waals surface area contributed by atoms with E-state index in [2.05, 4.69) is 33.4 Å². The Labute approximate surface area is 229 Å². The van der Waals surface area contributed by atoms with E-state index < -0.39 is 15.9 Å². The maximum Gasteiger partial charge on any atom is 0.283 e. The Morgan fingerprint density at radius 2 is 1.77 bits per heavy atom. The maximum absolute atomic E-state index is 13.0. The van der Waals surface area contributed by atoms with Crippen LogP contribution in [0.4, 0.5) is 5.95 Å². The number of ether oxygens (including phenoxy) is 1. The zero-order chi connectivity index (χ0) is 27.7. The number of carbonyl (C=O) groups excluding carboxylic acids is 1. The molecule has 5 rings (SSSR count). The second-order valence-electron chi connectivity index (χ2n) is 11.0. The highest BCUT2D eigenvalue weighted by molar-refractivity contribution is 7.89. The van der Waals surface area contributed by atoms with Crippen molar-refractivity contribution in [2.45, 2.75) is 76.8 Å². The predicted octanol–water partition coefficient (Wildman–Crippen LogP) is 3.82. The molecule has 3 aromatic rings. The molecule has 2 fully saturated rings. The normalized spacial score (nSPS) is 17.6. The highest BCUT2D eigenvalue weighted by atomic mass is 32.2. The molecule has 39 heavy (non-hydrogen) atoms. The molecule has 1 amide bonds. The van der Waals surface area contributed by atoms with Crippen LogP contribution in [0.25, 0.3) is 22.2 Å². The van der Waals surface area contributed by atoms with Crippen molar-refractivity contribution in [3.05, 3.63) is 29.8 Å². The van der Waals surface area contributed by atoms with Gasteiger partial charge in [0.1, 0.15) is 5.69 Å². The van der Waals surface area contributed by atoms with Gasteiger partial charge in [0.05, 0.1) is 23.4 Å². The minimum Gasteiger partial charge on any atom is -0.381 e. The second-order valence-corrected chi connectivity index (χ2v) is 12.7. The Morgan fingerprint density at radius 3 is 2.38 bits per heavy atom. The van der Waals surface area contributed by atoms with Gasteiger partial charge >= 0.3 is 0 Å². The second kappa shape index (κ2) is 11.2. The molecule has 0 unspecified atom stereocenters. The highest BCUT2D eigenvalue weighted by Crippen LogP contribution is 2.38. The van der Waals surface area contributed by atoms with Gasteiger partial charge in [-0.3, -0.25) is 4.79 Å². The minimum atomic E-state index is -3.77. The molecule has 0 atom stereocenters. The van der Waals surface area contributed by atoms with Crippen molar-refractivity contribution in [2.75, 3.05) is 31.4 Å². The van der Waals surface area contributed by atoms with Crippen LogP contribution in [0.5, 0.6) is 0 Å². The van der Waals surface area contributed by atoms with Crippen LogP contribution in [0, 0.1) is 0 Å². The van der Waals surface area contributed by atoms with Crippen LogP contribution in [-0.4, -0.2) is 71.6 Å². The quantitative estimate of drug-likeness (QED) is 0.462. The third-order valence-electron chi connectivity index (χ3n) is 7.67. The largest absolute Gasteiger partial charge is 0.381 e. The van der Waals surface area contributed by atoms with E-state index >= 15 is 0 Å². The molecular weight excluding hydrogens is 518 g/mol. The van der Waals surface area contributed by atoms with Crippen LogP contribution in [0.1, 0.15) is 86.9 Å². The summed E-state index contributed by atoms with van der Waals surface area (Å²) in [6.07, 6.45) is 11.7. The van der Waals surface area contributed by atoms with Gasteiger partial charge in [-0.2, -0.15) is 5.10 Å². The van der Waals surface area contributed by atoms with E-state index in [1.54, 1.807) is 18.5 Å². The molecule has 1 N–H and O–H groups in total. The van der Waals surface area contributed by atoms with Crippen molar-refractivity contribution in [3.63, 3.8) is 0 Å². The van der Waals surface area contributed by atoms with Crippen molar-refractivity contribution in [3.8, 4) is 11.1 Å². The summed E-state index contributed by atoms with van der Waals surface area (Å²) in [6, 6.07) is 2.11. The number of anilines is 1. The summed E-state index contributed by atoms with van der Waals surface area (Å²) >= 11 is 0. The van der Waals surface area contributed by atoms with E-state index in [-0.39, 0.29) is 17.7 Å². The lowest BCUT2D eigenvalue weighted by Gasteiger charge is -2.31. The van der Waals surface area contributed by atoms with Gasteiger partial charge in [0.15, 0.2) is 5.65 Å². The Balaban J connectivity index is 1.64. The average molecular weight is 556 g/mol. The number of rotatable bonds is 7. The molecule has 0 radical (unpaired) electrons. The first-order chi connectivity index (χ1) is 18.6. The average Bonchev–Trinajstić information content (AvgIpc) is 3.32. The molecule has 0 aromatic carbocycles. The number of amides is 1. The van der Waals surface area contributed by atoms with Crippen LogP contribution in [0.3, 0.4) is 0 Å². The molecule has 1 aliphatic heterocycles. The van der Waals surface area contributed by atoms with Gasteiger partial charge in [-0.1, -0.05) is 33.1 Å². The summed E-state index contributed by atoms with van der Waals surface area (Å²) in [7, 11) is -1.77. The first-order valence-corrected chi connectivity index (χ1v) is 15.6. The van der Waals surface area contributed by atoms with Crippen LogP contribution in [0.15, 0.2) is 18.5 Å². The van der Waals surface area contributed by atoms with E-state index in [1.807, 2.05) is 11.7 Å². The number of hydrogen-bond donors (Lipinski definition) is 1. The summed E-state index contributed by atoms with van der Waals surface area (Å²) in [4.78, 5) is 29.1. The van der Waals surface area contributed by atoms with Crippen LogP contribution >= 0.6 is 0 Å². The van der Waals surface area contributed by atoms with Crippen LogP contribution < -0.4 is 9.62 Å². The zero-order valence-corrected chi connectivity index (χ0v) is 23.9. The first kappa shape index (κ1) is 27.4. The maximum atomic E-state index is 13.0. The molecule has 4 heterocycles. The minimum absolute atomic E-state index is 0.0126. The lowest BCUT2D eigenvalue weighted by molar-refractivity contribution is 0.0852. The fourth-order valence-corrected chi connectivity index (χ4v) is 6.03. The zero-order valence-electron chi connectivity index (χ0n) is 23.1. The van der Waals surface area contributed by atoms with Crippen LogP contribution in [-0.2, 0) is 14.8 Å². The fraction of sp³-hybridized carbons (Fsp3) is 0.593. The van der Waals surface area contributed by atoms with E-state index in [4.69, 9.17) is 14.8 Å². The molecular formula is C27H37N7O4S. The predicted molar refractivity (Wildman–Crippen MR) is 149 cm³/mol. The number of nitrogens with one attached hydrogen (secondary N) is 1. The van der Waals surface area contributed by atoms with E-state index in [0.29, 0.717) is 28.8 Å².